The summed E-state index contributed by atoms with van der Waals surface area (Å²) in [7, 11) is 1.34. The van der Waals surface area contributed by atoms with Gasteiger partial charge in [0.25, 0.3) is 0 Å². The van der Waals surface area contributed by atoms with Gasteiger partial charge in [-0.1, -0.05) is 0 Å². The van der Waals surface area contributed by atoms with Gasteiger partial charge < -0.3 is 20.6 Å². The molecule has 0 radical (unpaired) electrons. The Balaban J connectivity index is 1.65. The summed E-state index contributed by atoms with van der Waals surface area (Å²) in [6.07, 6.45) is 4.34. The Morgan fingerprint density at radius 3 is 2.69 bits per heavy atom. The van der Waals surface area contributed by atoms with Gasteiger partial charge >= 0.3 is 0 Å². The van der Waals surface area contributed by atoms with Crippen LogP contribution < -0.4 is 15.9 Å². The number of rotatable bonds is 8. The van der Waals surface area contributed by atoms with Crippen LogP contribution in [0, 0.1) is 17.5 Å². The van der Waals surface area contributed by atoms with E-state index in [0.29, 0.717) is 23.1 Å². The normalized spacial score (nSPS) is 16.6. The summed E-state index contributed by atoms with van der Waals surface area (Å²) in [4.78, 5) is 8.53. The van der Waals surface area contributed by atoms with Crippen molar-refractivity contribution in [1.29, 1.82) is 0 Å². The lowest BCUT2D eigenvalue weighted by Gasteiger charge is -2.20. The van der Waals surface area contributed by atoms with Crippen LogP contribution in [-0.2, 0) is 4.74 Å². The quantitative estimate of drug-likeness (QED) is 0.286. The molecule has 0 saturated carbocycles. The molecule has 0 bridgehead atoms. The van der Waals surface area contributed by atoms with Crippen LogP contribution in [0.15, 0.2) is 40.8 Å². The van der Waals surface area contributed by atoms with Gasteiger partial charge in [-0.15, -0.1) is 0 Å². The van der Waals surface area contributed by atoms with Crippen molar-refractivity contribution in [1.82, 2.24) is 19.9 Å². The third-order valence-electron chi connectivity index (χ3n) is 5.78. The molecular formula is C23H26F3N7O2. The van der Waals surface area contributed by atoms with Crippen molar-refractivity contribution in [3.63, 3.8) is 0 Å². The highest BCUT2D eigenvalue weighted by molar-refractivity contribution is 6.47. The summed E-state index contributed by atoms with van der Waals surface area (Å²) in [5.74, 6) is 3.51. The maximum Gasteiger partial charge on any atom is 0.172 e. The highest BCUT2D eigenvalue weighted by atomic mass is 19.1. The van der Waals surface area contributed by atoms with Gasteiger partial charge in [-0.05, 0) is 38.9 Å². The topological polar surface area (TPSA) is 111 Å². The average molecular weight is 490 g/mol. The number of halogens is 3. The van der Waals surface area contributed by atoms with Crippen molar-refractivity contribution in [2.24, 2.45) is 15.9 Å². The first kappa shape index (κ1) is 24.6. The number of hydrogen-bond donors (Lipinski definition) is 2. The monoisotopic (exact) mass is 489 g/mol. The van der Waals surface area contributed by atoms with Gasteiger partial charge in [-0.2, -0.15) is 10.2 Å². The second-order valence-electron chi connectivity index (χ2n) is 8.11. The Labute approximate surface area is 199 Å². The zero-order valence-electron chi connectivity index (χ0n) is 19.3. The number of nitrogens with zero attached hydrogens (tertiary/aromatic N) is 5. The van der Waals surface area contributed by atoms with Gasteiger partial charge in [0.05, 0.1) is 24.1 Å². The minimum Gasteiger partial charge on any atom is -0.488 e. The number of hydrazone groups is 1. The Kier molecular flexibility index (Phi) is 7.61. The third kappa shape index (κ3) is 5.43. The molecular weight excluding hydrogens is 463 g/mol. The van der Waals surface area contributed by atoms with Crippen LogP contribution in [0.2, 0.25) is 0 Å². The van der Waals surface area contributed by atoms with Gasteiger partial charge in [-0.25, -0.2) is 17.7 Å². The third-order valence-corrected chi connectivity index (χ3v) is 5.78. The number of fused-ring (bicyclic) bond motifs is 1. The predicted molar refractivity (Wildman–Crippen MR) is 124 cm³/mol. The fourth-order valence-electron chi connectivity index (χ4n) is 4.02. The molecule has 1 atom stereocenters. The van der Waals surface area contributed by atoms with E-state index in [0.717, 1.165) is 38.3 Å². The van der Waals surface area contributed by atoms with Crippen LogP contribution in [-0.4, -0.2) is 58.9 Å². The number of nitrogens with one attached hydrogen (secondary N) is 1. The molecule has 1 aliphatic rings. The van der Waals surface area contributed by atoms with Crippen LogP contribution in [0.1, 0.15) is 37.1 Å². The van der Waals surface area contributed by atoms with E-state index in [4.69, 9.17) is 20.3 Å². The van der Waals surface area contributed by atoms with Crippen molar-refractivity contribution < 1.29 is 22.6 Å². The molecule has 3 aromatic rings. The number of piperidine rings is 1. The highest BCUT2D eigenvalue weighted by Crippen LogP contribution is 2.27. The summed E-state index contributed by atoms with van der Waals surface area (Å²) in [6, 6.07) is 2.42. The Hall–Kier alpha value is -3.51. The first-order valence-electron chi connectivity index (χ1n) is 11.1. The first-order valence-corrected chi connectivity index (χ1v) is 11.1. The Bertz CT molecular complexity index is 1260. The second-order valence-corrected chi connectivity index (χ2v) is 8.11. The number of ether oxygens (including phenoxy) is 2. The molecule has 0 spiro atoms. The number of methoxy groups -OCH3 is 1. The van der Waals surface area contributed by atoms with Crippen molar-refractivity contribution in [3.05, 3.63) is 59.4 Å². The molecule has 3 aromatic heterocycles. The van der Waals surface area contributed by atoms with E-state index in [9.17, 15) is 13.2 Å². The molecule has 12 heteroatoms. The molecule has 1 fully saturated rings. The number of aliphatic imine (C=N–C) groups is 1. The van der Waals surface area contributed by atoms with Crippen molar-refractivity contribution in [3.8, 4) is 5.75 Å². The van der Waals surface area contributed by atoms with Crippen molar-refractivity contribution in [2.75, 3.05) is 26.8 Å². The molecule has 3 N–H and O–H groups in total. The summed E-state index contributed by atoms with van der Waals surface area (Å²) in [6.45, 7) is 3.35. The lowest BCUT2D eigenvalue weighted by Crippen LogP contribution is -2.31. The molecule has 186 valence electrons. The average Bonchev–Trinajstić information content (AvgIpc) is 3.22. The molecule has 9 nitrogen and oxygen atoms in total. The lowest BCUT2D eigenvalue weighted by molar-refractivity contribution is 0.0519. The van der Waals surface area contributed by atoms with Crippen LogP contribution in [0.4, 0.5) is 13.2 Å². The van der Waals surface area contributed by atoms with E-state index in [2.05, 4.69) is 20.5 Å². The van der Waals surface area contributed by atoms with E-state index in [1.54, 1.807) is 12.3 Å². The molecule has 1 unspecified atom stereocenters. The largest absolute Gasteiger partial charge is 0.488 e. The molecule has 4 rings (SSSR count). The predicted octanol–water partition coefficient (Wildman–Crippen LogP) is 2.79. The van der Waals surface area contributed by atoms with E-state index in [1.807, 2.05) is 6.92 Å². The highest BCUT2D eigenvalue weighted by Gasteiger charge is 2.22. The molecule has 1 saturated heterocycles. The van der Waals surface area contributed by atoms with Crippen LogP contribution in [0.25, 0.3) is 5.52 Å². The summed E-state index contributed by atoms with van der Waals surface area (Å²) < 4.78 is 54.5. The number of hydrogen-bond acceptors (Lipinski definition) is 8. The fraction of sp³-hybridized carbons (Fsp3) is 0.391. The van der Waals surface area contributed by atoms with Crippen molar-refractivity contribution in [2.45, 2.75) is 31.9 Å². The van der Waals surface area contributed by atoms with Crippen molar-refractivity contribution >= 4 is 16.9 Å². The fourth-order valence-corrected chi connectivity index (χ4v) is 4.02. The smallest absolute Gasteiger partial charge is 0.172 e. The zero-order chi connectivity index (χ0) is 24.9. The summed E-state index contributed by atoms with van der Waals surface area (Å²) in [5.41, 5.74) is 1.48. The number of aromatic nitrogens is 3. The minimum atomic E-state index is -0.976. The van der Waals surface area contributed by atoms with Crippen LogP contribution >= 0.6 is 0 Å². The minimum absolute atomic E-state index is 0.0699. The Morgan fingerprint density at radius 2 is 2.00 bits per heavy atom. The van der Waals surface area contributed by atoms with Gasteiger partial charge in [0.15, 0.2) is 5.82 Å². The molecule has 0 aliphatic carbocycles. The molecule has 0 aromatic carbocycles. The summed E-state index contributed by atoms with van der Waals surface area (Å²) in [5, 5.41) is 11.2. The van der Waals surface area contributed by atoms with Gasteiger partial charge in [-0.3, -0.25) is 9.98 Å². The molecule has 1 aliphatic heterocycles. The molecule has 0 amide bonds. The maximum absolute atomic E-state index is 14.5. The van der Waals surface area contributed by atoms with Gasteiger partial charge in [0, 0.05) is 24.9 Å². The van der Waals surface area contributed by atoms with Gasteiger partial charge in [0.2, 0.25) is 0 Å². The van der Waals surface area contributed by atoms with Crippen LogP contribution in [0.5, 0.6) is 5.75 Å². The lowest BCUT2D eigenvalue weighted by atomic mass is 10.0. The number of pyridine rings is 2. The standard InChI is InChI=1S/C23H26F3N7O2/c1-13(31-16-3-5-28-6-4-16)21(32-27)14-7-19(23-18(26)10-30-33(23)11-14)35-12-20(34-2)22-17(25)8-15(24)9-29-22/h7-11,16,20,28H,3-6,12,27H2,1-2H3/b31-13?,32-21+. The number of nitrogens with two attached hydrogens (primary N) is 1. The second kappa shape index (κ2) is 10.8. The Morgan fingerprint density at radius 1 is 1.23 bits per heavy atom. The van der Waals surface area contributed by atoms with Gasteiger partial charge in [0.1, 0.15) is 47.0 Å². The molecule has 35 heavy (non-hydrogen) atoms. The SMILES string of the molecule is COC(COc1cc(/C(=N/N)C(C)=NC2CCNCC2)cn2ncc(F)c12)c1ncc(F)cc1F. The molecule has 4 heterocycles. The zero-order valence-corrected chi connectivity index (χ0v) is 19.3. The van der Waals surface area contributed by atoms with Crippen LogP contribution in [0.3, 0.4) is 0 Å². The first-order chi connectivity index (χ1) is 16.9. The van der Waals surface area contributed by atoms with E-state index < -0.39 is 23.6 Å². The van der Waals surface area contributed by atoms with E-state index in [-0.39, 0.29) is 29.6 Å². The maximum atomic E-state index is 14.5. The van der Waals surface area contributed by atoms with E-state index in [1.165, 1.54) is 11.6 Å². The summed E-state index contributed by atoms with van der Waals surface area (Å²) >= 11 is 0. The van der Waals surface area contributed by atoms with E-state index >= 15 is 0 Å².